The molecule has 0 spiro atoms. The summed E-state index contributed by atoms with van der Waals surface area (Å²) < 4.78 is 36.3. The van der Waals surface area contributed by atoms with Crippen molar-refractivity contribution in [2.45, 2.75) is 30.7 Å². The number of benzene rings is 2. The normalized spacial score (nSPS) is 19.1. The van der Waals surface area contributed by atoms with Crippen LogP contribution in [0.1, 0.15) is 18.9 Å². The van der Waals surface area contributed by atoms with Gasteiger partial charge in [0.1, 0.15) is 15.9 Å². The molecule has 8 nitrogen and oxygen atoms in total. The number of hydrogen-bond acceptors (Lipinski definition) is 7. The van der Waals surface area contributed by atoms with Crippen LogP contribution < -0.4 is 4.90 Å². The van der Waals surface area contributed by atoms with Crippen molar-refractivity contribution in [2.24, 2.45) is 0 Å². The quantitative estimate of drug-likeness (QED) is 0.581. The Hall–Kier alpha value is -2.40. The van der Waals surface area contributed by atoms with Crippen molar-refractivity contribution in [3.63, 3.8) is 0 Å². The van der Waals surface area contributed by atoms with Crippen molar-refractivity contribution in [1.82, 2.24) is 18.0 Å². The van der Waals surface area contributed by atoms with Crippen molar-refractivity contribution in [2.75, 3.05) is 37.6 Å². The van der Waals surface area contributed by atoms with Gasteiger partial charge in [-0.3, -0.25) is 9.69 Å². The average Bonchev–Trinajstić information content (AvgIpc) is 3.32. The van der Waals surface area contributed by atoms with Crippen molar-refractivity contribution < 1.29 is 13.2 Å². The molecule has 1 atom stereocenters. The van der Waals surface area contributed by atoms with Gasteiger partial charge in [-0.15, -0.1) is 0 Å². The number of piperazine rings is 1. The molecule has 3 heterocycles. The number of para-hydroxylation sites is 1. The molecule has 2 aliphatic rings. The van der Waals surface area contributed by atoms with Gasteiger partial charge in [0, 0.05) is 38.4 Å². The van der Waals surface area contributed by atoms with Crippen LogP contribution in [0.5, 0.6) is 0 Å². The summed E-state index contributed by atoms with van der Waals surface area (Å²) in [6.07, 6.45) is 1.95. The number of carbonyl (C=O) groups excluding carboxylic acids is 1. The molecule has 168 valence electrons. The van der Waals surface area contributed by atoms with E-state index in [9.17, 15) is 13.2 Å². The first kappa shape index (κ1) is 21.4. The number of anilines is 1. The molecule has 0 N–H and O–H groups in total. The van der Waals surface area contributed by atoms with E-state index in [2.05, 4.69) is 19.7 Å². The summed E-state index contributed by atoms with van der Waals surface area (Å²) in [6, 6.07) is 12.8. The Kier molecular flexibility index (Phi) is 5.70. The SMILES string of the molecule is CC(C(=O)N1CCCc2ccccc21)N1CCN(S(=O)(=O)c2cccc3nsnc23)CC1. The second-order valence-electron chi connectivity index (χ2n) is 8.23. The van der Waals surface area contributed by atoms with Gasteiger partial charge in [0.05, 0.1) is 17.8 Å². The predicted molar refractivity (Wildman–Crippen MR) is 124 cm³/mol. The molecule has 0 aliphatic carbocycles. The monoisotopic (exact) mass is 471 g/mol. The van der Waals surface area contributed by atoms with Crippen LogP contribution in [0, 0.1) is 0 Å². The maximum absolute atomic E-state index is 13.3. The molecule has 1 saturated heterocycles. The zero-order valence-electron chi connectivity index (χ0n) is 17.8. The van der Waals surface area contributed by atoms with Gasteiger partial charge >= 0.3 is 0 Å². The maximum Gasteiger partial charge on any atom is 0.245 e. The third-order valence-electron chi connectivity index (χ3n) is 6.42. The van der Waals surface area contributed by atoms with E-state index < -0.39 is 10.0 Å². The Labute approximate surface area is 191 Å². The van der Waals surface area contributed by atoms with Gasteiger partial charge in [-0.2, -0.15) is 13.1 Å². The molecule has 0 bridgehead atoms. The summed E-state index contributed by atoms with van der Waals surface area (Å²) >= 11 is 1.01. The molecule has 1 amide bonds. The number of amides is 1. The lowest BCUT2D eigenvalue weighted by Gasteiger charge is -2.39. The number of rotatable bonds is 4. The summed E-state index contributed by atoms with van der Waals surface area (Å²) in [5, 5.41) is 0. The highest BCUT2D eigenvalue weighted by Gasteiger charge is 2.35. The summed E-state index contributed by atoms with van der Waals surface area (Å²) in [4.78, 5) is 17.5. The largest absolute Gasteiger partial charge is 0.311 e. The first-order valence-corrected chi connectivity index (χ1v) is 13.0. The Balaban J connectivity index is 1.29. The molecule has 0 saturated carbocycles. The van der Waals surface area contributed by atoms with Crippen molar-refractivity contribution in [3.05, 3.63) is 48.0 Å². The minimum atomic E-state index is -3.67. The molecule has 1 aromatic heterocycles. The molecule has 10 heteroatoms. The number of aromatic nitrogens is 2. The molecule has 2 aromatic carbocycles. The fraction of sp³-hybridized carbons (Fsp3) is 0.409. The molecule has 0 radical (unpaired) electrons. The van der Waals surface area contributed by atoms with Crippen molar-refractivity contribution in [3.8, 4) is 0 Å². The predicted octanol–water partition coefficient (Wildman–Crippen LogP) is 2.37. The Morgan fingerprint density at radius 3 is 2.59 bits per heavy atom. The van der Waals surface area contributed by atoms with Crippen LogP contribution in [0.15, 0.2) is 47.4 Å². The molecular formula is C22H25N5O3S2. The second kappa shape index (κ2) is 8.51. The molecule has 2 aliphatic heterocycles. The first-order valence-electron chi connectivity index (χ1n) is 10.8. The van der Waals surface area contributed by atoms with Gasteiger partial charge in [0.15, 0.2) is 0 Å². The molecule has 3 aromatic rings. The van der Waals surface area contributed by atoms with Crippen LogP contribution in [-0.4, -0.2) is 71.0 Å². The van der Waals surface area contributed by atoms with E-state index in [1.165, 1.54) is 9.87 Å². The van der Waals surface area contributed by atoms with Gasteiger partial charge in [-0.1, -0.05) is 24.3 Å². The van der Waals surface area contributed by atoms with E-state index >= 15 is 0 Å². The second-order valence-corrected chi connectivity index (χ2v) is 10.7. The number of fused-ring (bicyclic) bond motifs is 2. The van der Waals surface area contributed by atoms with Crippen LogP contribution in [0.4, 0.5) is 5.69 Å². The minimum absolute atomic E-state index is 0.0757. The lowest BCUT2D eigenvalue weighted by molar-refractivity contribution is -0.123. The minimum Gasteiger partial charge on any atom is -0.311 e. The van der Waals surface area contributed by atoms with E-state index in [1.807, 2.05) is 30.0 Å². The standard InChI is InChI=1S/C22H25N5O3S2/c1-16(22(28)27-11-5-7-17-6-2-3-9-19(17)27)25-12-14-26(15-13-25)32(29,30)20-10-4-8-18-21(20)24-31-23-18/h2-4,6,8-10,16H,5,7,11-15H2,1H3. The summed E-state index contributed by atoms with van der Waals surface area (Å²) in [6.45, 7) is 4.33. The van der Waals surface area contributed by atoms with Gasteiger partial charge < -0.3 is 4.90 Å². The highest BCUT2D eigenvalue weighted by atomic mass is 32.2. The van der Waals surface area contributed by atoms with Gasteiger partial charge in [0.25, 0.3) is 0 Å². The molecule has 32 heavy (non-hydrogen) atoms. The van der Waals surface area contributed by atoms with Crippen LogP contribution >= 0.6 is 11.7 Å². The van der Waals surface area contributed by atoms with E-state index in [1.54, 1.807) is 18.2 Å². The topological polar surface area (TPSA) is 86.7 Å². The van der Waals surface area contributed by atoms with Crippen molar-refractivity contribution in [1.29, 1.82) is 0 Å². The fourth-order valence-electron chi connectivity index (χ4n) is 4.60. The summed E-state index contributed by atoms with van der Waals surface area (Å²) in [5.41, 5.74) is 3.23. The number of hydrogen-bond donors (Lipinski definition) is 0. The third-order valence-corrected chi connectivity index (χ3v) is 8.89. The zero-order chi connectivity index (χ0) is 22.3. The lowest BCUT2D eigenvalue weighted by atomic mass is 10.0. The number of aryl methyl sites for hydroxylation is 1. The van der Waals surface area contributed by atoms with Crippen LogP contribution in [0.3, 0.4) is 0 Å². The van der Waals surface area contributed by atoms with E-state index in [0.29, 0.717) is 37.2 Å². The highest BCUT2D eigenvalue weighted by Crippen LogP contribution is 2.29. The van der Waals surface area contributed by atoms with Gasteiger partial charge in [-0.25, -0.2) is 8.42 Å². The zero-order valence-corrected chi connectivity index (χ0v) is 19.5. The fourth-order valence-corrected chi connectivity index (χ4v) is 6.78. The molecule has 5 rings (SSSR count). The average molecular weight is 472 g/mol. The summed E-state index contributed by atoms with van der Waals surface area (Å²) in [7, 11) is -3.67. The van der Waals surface area contributed by atoms with E-state index in [-0.39, 0.29) is 16.8 Å². The van der Waals surface area contributed by atoms with Crippen LogP contribution in [0.25, 0.3) is 11.0 Å². The number of carbonyl (C=O) groups is 1. The van der Waals surface area contributed by atoms with Crippen molar-refractivity contribution >= 4 is 44.4 Å². The van der Waals surface area contributed by atoms with E-state index in [0.717, 1.165) is 36.8 Å². The Bertz CT molecular complexity index is 1250. The number of sulfonamides is 1. The molecule has 1 fully saturated rings. The number of nitrogens with zero attached hydrogens (tertiary/aromatic N) is 5. The van der Waals surface area contributed by atoms with Crippen LogP contribution in [-0.2, 0) is 21.2 Å². The van der Waals surface area contributed by atoms with Gasteiger partial charge in [0.2, 0.25) is 15.9 Å². The molecule has 1 unspecified atom stereocenters. The van der Waals surface area contributed by atoms with E-state index in [4.69, 9.17) is 0 Å². The lowest BCUT2D eigenvalue weighted by Crippen LogP contribution is -2.56. The van der Waals surface area contributed by atoms with Crippen LogP contribution in [0.2, 0.25) is 0 Å². The highest BCUT2D eigenvalue weighted by molar-refractivity contribution is 7.89. The molecular weight excluding hydrogens is 446 g/mol. The Morgan fingerprint density at radius 2 is 1.78 bits per heavy atom. The maximum atomic E-state index is 13.3. The Morgan fingerprint density at radius 1 is 1.00 bits per heavy atom. The first-order chi connectivity index (χ1) is 15.5. The smallest absolute Gasteiger partial charge is 0.245 e. The van der Waals surface area contributed by atoms with Gasteiger partial charge in [-0.05, 0) is 43.5 Å². The third kappa shape index (κ3) is 3.71. The summed E-state index contributed by atoms with van der Waals surface area (Å²) in [5.74, 6) is 0.0757.